The summed E-state index contributed by atoms with van der Waals surface area (Å²) >= 11 is 5.80. The van der Waals surface area contributed by atoms with Gasteiger partial charge in [-0.05, 0) is 31.2 Å². The lowest BCUT2D eigenvalue weighted by Gasteiger charge is -2.09. The molecule has 0 saturated carbocycles. The normalized spacial score (nSPS) is 11.1. The Morgan fingerprint density at radius 3 is 2.56 bits per heavy atom. The van der Waals surface area contributed by atoms with Gasteiger partial charge in [0.25, 0.3) is 0 Å². The maximum Gasteiger partial charge on any atom is 0.240 e. The standard InChI is InChI=1S/C11H17ClN2O2S.ClH/c1-3-13-6-7-14-17(15,16)11-8-10(12)5-4-9(11)2;/h4-5,8,13-14H,3,6-7H2,1-2H3;1H. The predicted octanol–water partition coefficient (Wildman–Crippen LogP) is 1.96. The summed E-state index contributed by atoms with van der Waals surface area (Å²) in [6.45, 7) is 5.50. The molecule has 0 spiro atoms. The summed E-state index contributed by atoms with van der Waals surface area (Å²) < 4.78 is 26.5. The highest BCUT2D eigenvalue weighted by Gasteiger charge is 2.16. The summed E-state index contributed by atoms with van der Waals surface area (Å²) in [7, 11) is -3.47. The molecule has 4 nitrogen and oxygen atoms in total. The van der Waals surface area contributed by atoms with Gasteiger partial charge in [-0.1, -0.05) is 24.6 Å². The van der Waals surface area contributed by atoms with Crippen LogP contribution >= 0.6 is 24.0 Å². The van der Waals surface area contributed by atoms with Gasteiger partial charge < -0.3 is 5.32 Å². The lowest BCUT2D eigenvalue weighted by atomic mass is 10.2. The summed E-state index contributed by atoms with van der Waals surface area (Å²) in [5.74, 6) is 0. The van der Waals surface area contributed by atoms with Crippen molar-refractivity contribution in [2.24, 2.45) is 0 Å². The second-order valence-electron chi connectivity index (χ2n) is 3.66. The Hall–Kier alpha value is -0.330. The van der Waals surface area contributed by atoms with Crippen molar-refractivity contribution in [2.45, 2.75) is 18.7 Å². The van der Waals surface area contributed by atoms with Gasteiger partial charge in [0.05, 0.1) is 4.90 Å². The first-order valence-corrected chi connectivity index (χ1v) is 7.30. The number of likely N-dealkylation sites (N-methyl/N-ethyl adjacent to an activating group) is 1. The van der Waals surface area contributed by atoms with Gasteiger partial charge in [-0.15, -0.1) is 12.4 Å². The lowest BCUT2D eigenvalue weighted by molar-refractivity contribution is 0.577. The minimum absolute atomic E-state index is 0. The van der Waals surface area contributed by atoms with Crippen molar-refractivity contribution >= 4 is 34.0 Å². The number of rotatable bonds is 6. The molecule has 0 aliphatic heterocycles. The van der Waals surface area contributed by atoms with Crippen molar-refractivity contribution in [3.8, 4) is 0 Å². The quantitative estimate of drug-likeness (QED) is 0.789. The molecule has 0 bridgehead atoms. The molecule has 104 valence electrons. The van der Waals surface area contributed by atoms with Crippen LogP contribution < -0.4 is 10.0 Å². The molecule has 0 aliphatic rings. The second kappa shape index (κ2) is 7.96. The molecule has 0 radical (unpaired) electrons. The molecular weight excluding hydrogens is 295 g/mol. The van der Waals surface area contributed by atoms with Crippen LogP contribution in [0.5, 0.6) is 0 Å². The van der Waals surface area contributed by atoms with Crippen LogP contribution in [0.3, 0.4) is 0 Å². The molecule has 1 rings (SSSR count). The van der Waals surface area contributed by atoms with Crippen molar-refractivity contribution in [3.05, 3.63) is 28.8 Å². The fourth-order valence-electron chi connectivity index (χ4n) is 1.39. The van der Waals surface area contributed by atoms with Gasteiger partial charge in [0, 0.05) is 18.1 Å². The van der Waals surface area contributed by atoms with E-state index in [4.69, 9.17) is 11.6 Å². The Morgan fingerprint density at radius 2 is 1.94 bits per heavy atom. The average Bonchev–Trinajstić information content (AvgIpc) is 2.28. The van der Waals surface area contributed by atoms with E-state index in [0.717, 1.165) is 6.54 Å². The van der Waals surface area contributed by atoms with Crippen molar-refractivity contribution < 1.29 is 8.42 Å². The summed E-state index contributed by atoms with van der Waals surface area (Å²) in [6, 6.07) is 4.84. The van der Waals surface area contributed by atoms with Crippen molar-refractivity contribution in [3.63, 3.8) is 0 Å². The lowest BCUT2D eigenvalue weighted by Crippen LogP contribution is -2.32. The van der Waals surface area contributed by atoms with Crippen LogP contribution in [-0.4, -0.2) is 28.1 Å². The molecule has 7 heteroatoms. The zero-order valence-electron chi connectivity index (χ0n) is 10.4. The van der Waals surface area contributed by atoms with Crippen molar-refractivity contribution in [1.29, 1.82) is 0 Å². The highest BCUT2D eigenvalue weighted by molar-refractivity contribution is 7.89. The number of halogens is 2. The highest BCUT2D eigenvalue weighted by atomic mass is 35.5. The van der Waals surface area contributed by atoms with Crippen LogP contribution in [-0.2, 0) is 10.0 Å². The van der Waals surface area contributed by atoms with E-state index in [2.05, 4.69) is 10.0 Å². The summed E-state index contributed by atoms with van der Waals surface area (Å²) in [6.07, 6.45) is 0. The molecular formula is C11H18Cl2N2O2S. The van der Waals surface area contributed by atoms with Crippen LogP contribution in [0.1, 0.15) is 12.5 Å². The first-order chi connectivity index (χ1) is 7.97. The molecule has 1 aromatic carbocycles. The fourth-order valence-corrected chi connectivity index (χ4v) is 2.93. The molecule has 0 unspecified atom stereocenters. The molecule has 2 N–H and O–H groups in total. The van der Waals surface area contributed by atoms with Crippen LogP contribution in [0.25, 0.3) is 0 Å². The minimum atomic E-state index is -3.47. The minimum Gasteiger partial charge on any atom is -0.316 e. The first kappa shape index (κ1) is 17.7. The topological polar surface area (TPSA) is 58.2 Å². The van der Waals surface area contributed by atoms with Gasteiger partial charge in [0.1, 0.15) is 0 Å². The fraction of sp³-hybridized carbons (Fsp3) is 0.455. The third-order valence-corrected chi connectivity index (χ3v) is 4.12. The predicted molar refractivity (Wildman–Crippen MR) is 77.2 cm³/mol. The van der Waals surface area contributed by atoms with Gasteiger partial charge in [-0.2, -0.15) is 0 Å². The molecule has 0 atom stereocenters. The van der Waals surface area contributed by atoms with E-state index < -0.39 is 10.0 Å². The van der Waals surface area contributed by atoms with Gasteiger partial charge in [0.2, 0.25) is 10.0 Å². The number of nitrogens with one attached hydrogen (secondary N) is 2. The van der Waals surface area contributed by atoms with Crippen LogP contribution in [0.4, 0.5) is 0 Å². The molecule has 0 saturated heterocycles. The Labute approximate surface area is 120 Å². The molecule has 18 heavy (non-hydrogen) atoms. The monoisotopic (exact) mass is 312 g/mol. The smallest absolute Gasteiger partial charge is 0.240 e. The third-order valence-electron chi connectivity index (χ3n) is 2.28. The molecule has 0 heterocycles. The van der Waals surface area contributed by atoms with E-state index in [0.29, 0.717) is 23.7 Å². The van der Waals surface area contributed by atoms with Crippen LogP contribution in [0.2, 0.25) is 5.02 Å². The van der Waals surface area contributed by atoms with Crippen LogP contribution in [0.15, 0.2) is 23.1 Å². The molecule has 0 fully saturated rings. The number of hydrogen-bond acceptors (Lipinski definition) is 3. The summed E-state index contributed by atoms with van der Waals surface area (Å²) in [5.41, 5.74) is 0.686. The highest BCUT2D eigenvalue weighted by Crippen LogP contribution is 2.19. The van der Waals surface area contributed by atoms with Gasteiger partial charge in [-0.25, -0.2) is 13.1 Å². The third kappa shape index (κ3) is 5.12. The summed E-state index contributed by atoms with van der Waals surface area (Å²) in [5, 5.41) is 3.46. The summed E-state index contributed by atoms with van der Waals surface area (Å²) in [4.78, 5) is 0.237. The first-order valence-electron chi connectivity index (χ1n) is 5.44. The van der Waals surface area contributed by atoms with E-state index in [1.807, 2.05) is 6.92 Å². The Balaban J connectivity index is 0.00000289. The number of sulfonamides is 1. The Kier molecular flexibility index (Phi) is 7.82. The largest absolute Gasteiger partial charge is 0.316 e. The SMILES string of the molecule is CCNCCNS(=O)(=O)c1cc(Cl)ccc1C.Cl. The maximum atomic E-state index is 12.0. The van der Waals surface area contributed by atoms with Gasteiger partial charge in [-0.3, -0.25) is 0 Å². The number of hydrogen-bond donors (Lipinski definition) is 2. The van der Waals surface area contributed by atoms with E-state index in [-0.39, 0.29) is 17.3 Å². The van der Waals surface area contributed by atoms with Crippen molar-refractivity contribution in [1.82, 2.24) is 10.0 Å². The van der Waals surface area contributed by atoms with Crippen LogP contribution in [0, 0.1) is 6.92 Å². The number of benzene rings is 1. The van der Waals surface area contributed by atoms with Gasteiger partial charge >= 0.3 is 0 Å². The zero-order chi connectivity index (χ0) is 12.9. The maximum absolute atomic E-state index is 12.0. The van der Waals surface area contributed by atoms with E-state index in [1.54, 1.807) is 19.1 Å². The Morgan fingerprint density at radius 1 is 1.28 bits per heavy atom. The molecule has 0 aliphatic carbocycles. The van der Waals surface area contributed by atoms with E-state index >= 15 is 0 Å². The van der Waals surface area contributed by atoms with E-state index in [9.17, 15) is 8.42 Å². The van der Waals surface area contributed by atoms with Crippen molar-refractivity contribution in [2.75, 3.05) is 19.6 Å². The zero-order valence-corrected chi connectivity index (χ0v) is 12.8. The molecule has 1 aromatic rings. The molecule has 0 amide bonds. The Bertz CT molecular complexity index is 478. The van der Waals surface area contributed by atoms with Gasteiger partial charge in [0.15, 0.2) is 0 Å². The second-order valence-corrected chi connectivity index (χ2v) is 5.83. The van der Waals surface area contributed by atoms with E-state index in [1.165, 1.54) is 6.07 Å². The average molecular weight is 313 g/mol. The number of aryl methyl sites for hydroxylation is 1. The molecule has 0 aromatic heterocycles.